The molecule has 0 saturated carbocycles. The third kappa shape index (κ3) is 2.16. The number of aromatic nitrogens is 1. The first-order valence-corrected chi connectivity index (χ1v) is 5.67. The normalized spacial score (nSPS) is 10.6. The smallest absolute Gasteiger partial charge is 0.109 e. The first-order chi connectivity index (χ1) is 8.42. The van der Waals surface area contributed by atoms with E-state index in [2.05, 4.69) is 29.2 Å². The van der Waals surface area contributed by atoms with Crippen LogP contribution in [0.1, 0.15) is 11.5 Å². The van der Waals surface area contributed by atoms with Gasteiger partial charge in [-0.25, -0.2) is 0 Å². The Bertz CT molecular complexity index is 578. The van der Waals surface area contributed by atoms with Crippen LogP contribution in [0, 0.1) is 0 Å². The van der Waals surface area contributed by atoms with E-state index in [9.17, 15) is 0 Å². The second-order valence-corrected chi connectivity index (χ2v) is 4.02. The van der Waals surface area contributed by atoms with Gasteiger partial charge in [0.1, 0.15) is 5.76 Å². The summed E-state index contributed by atoms with van der Waals surface area (Å²) in [5.41, 5.74) is 3.52. The fraction of sp³-hybridized carbons (Fsp3) is 0.0667. The maximum absolute atomic E-state index is 5.33. The number of hydrogen-bond donors (Lipinski definition) is 1. The highest BCUT2D eigenvalue weighted by Gasteiger charge is 2.03. The van der Waals surface area contributed by atoms with Gasteiger partial charge < -0.3 is 9.40 Å². The lowest BCUT2D eigenvalue weighted by Gasteiger charge is -1.97. The molecule has 84 valence electrons. The summed E-state index contributed by atoms with van der Waals surface area (Å²) in [6.45, 7) is 0. The molecule has 0 saturated heterocycles. The minimum atomic E-state index is 0.805. The largest absolute Gasteiger partial charge is 0.469 e. The summed E-state index contributed by atoms with van der Waals surface area (Å²) in [5.74, 6) is 0.978. The van der Waals surface area contributed by atoms with Crippen molar-refractivity contribution in [3.05, 3.63) is 72.3 Å². The van der Waals surface area contributed by atoms with E-state index in [-0.39, 0.29) is 0 Å². The van der Waals surface area contributed by atoms with Crippen LogP contribution in [0.4, 0.5) is 0 Å². The van der Waals surface area contributed by atoms with Crippen LogP contribution in [-0.2, 0) is 6.42 Å². The van der Waals surface area contributed by atoms with Crippen molar-refractivity contribution in [1.82, 2.24) is 4.98 Å². The highest BCUT2D eigenvalue weighted by atomic mass is 16.3. The third-order valence-electron chi connectivity index (χ3n) is 2.78. The Morgan fingerprint density at radius 1 is 0.882 bits per heavy atom. The van der Waals surface area contributed by atoms with E-state index in [0.717, 1.165) is 17.9 Å². The predicted molar refractivity (Wildman–Crippen MR) is 67.7 cm³/mol. The lowest BCUT2D eigenvalue weighted by atomic mass is 10.2. The number of rotatable bonds is 3. The molecule has 0 amide bonds. The van der Waals surface area contributed by atoms with Crippen molar-refractivity contribution < 1.29 is 4.42 Å². The van der Waals surface area contributed by atoms with Crippen molar-refractivity contribution in [1.29, 1.82) is 0 Å². The van der Waals surface area contributed by atoms with Crippen LogP contribution in [0.25, 0.3) is 11.3 Å². The number of nitrogens with one attached hydrogen (secondary N) is 1. The molecule has 0 aliphatic carbocycles. The molecule has 3 aromatic rings. The second-order valence-electron chi connectivity index (χ2n) is 4.02. The van der Waals surface area contributed by atoms with E-state index in [1.807, 2.05) is 30.3 Å². The molecule has 0 aliphatic heterocycles. The zero-order chi connectivity index (χ0) is 11.5. The van der Waals surface area contributed by atoms with Crippen molar-refractivity contribution >= 4 is 0 Å². The van der Waals surface area contributed by atoms with Crippen molar-refractivity contribution in [2.24, 2.45) is 0 Å². The number of benzene rings is 1. The minimum absolute atomic E-state index is 0.805. The molecule has 0 spiro atoms. The van der Waals surface area contributed by atoms with Gasteiger partial charge in [-0.15, -0.1) is 0 Å². The van der Waals surface area contributed by atoms with Gasteiger partial charge in [-0.2, -0.15) is 0 Å². The number of hydrogen-bond acceptors (Lipinski definition) is 1. The number of H-pyrrole nitrogens is 1. The van der Waals surface area contributed by atoms with Gasteiger partial charge in [-0.3, -0.25) is 0 Å². The Kier molecular flexibility index (Phi) is 2.54. The maximum Gasteiger partial charge on any atom is 0.109 e. The molecule has 0 atom stereocenters. The molecular formula is C15H13NO. The molecule has 0 fully saturated rings. The summed E-state index contributed by atoms with van der Waals surface area (Å²) in [5, 5.41) is 0. The van der Waals surface area contributed by atoms with Gasteiger partial charge in [-0.1, -0.05) is 30.3 Å². The molecule has 2 nitrogen and oxygen atoms in total. The average Bonchev–Trinajstić information content (AvgIpc) is 3.02. The van der Waals surface area contributed by atoms with Gasteiger partial charge in [0.05, 0.1) is 6.26 Å². The molecule has 17 heavy (non-hydrogen) atoms. The van der Waals surface area contributed by atoms with Gasteiger partial charge in [-0.05, 0) is 29.8 Å². The summed E-state index contributed by atoms with van der Waals surface area (Å²) in [6.07, 6.45) is 2.51. The quantitative estimate of drug-likeness (QED) is 0.717. The van der Waals surface area contributed by atoms with Crippen molar-refractivity contribution in [2.45, 2.75) is 6.42 Å². The molecule has 2 aromatic heterocycles. The average molecular weight is 223 g/mol. The zero-order valence-corrected chi connectivity index (χ0v) is 9.39. The van der Waals surface area contributed by atoms with Gasteiger partial charge in [0, 0.05) is 17.8 Å². The van der Waals surface area contributed by atoms with E-state index in [0.29, 0.717) is 0 Å². The molecule has 1 N–H and O–H groups in total. The first-order valence-electron chi connectivity index (χ1n) is 5.67. The lowest BCUT2D eigenvalue weighted by Crippen LogP contribution is -1.85. The second kappa shape index (κ2) is 4.34. The number of aromatic amines is 1. The monoisotopic (exact) mass is 223 g/mol. The standard InChI is InChI=1S/C15H13NO/c1-2-5-12(6-3-1)15-9-8-13(16-15)11-14-7-4-10-17-14/h1-10,16H,11H2. The van der Waals surface area contributed by atoms with Gasteiger partial charge in [0.2, 0.25) is 0 Å². The van der Waals surface area contributed by atoms with Crippen LogP contribution in [0.5, 0.6) is 0 Å². The van der Waals surface area contributed by atoms with Gasteiger partial charge in [0.15, 0.2) is 0 Å². The van der Waals surface area contributed by atoms with Crippen LogP contribution in [0.3, 0.4) is 0 Å². The van der Waals surface area contributed by atoms with E-state index >= 15 is 0 Å². The maximum atomic E-state index is 5.33. The highest BCUT2D eigenvalue weighted by molar-refractivity contribution is 5.59. The lowest BCUT2D eigenvalue weighted by molar-refractivity contribution is 0.519. The Labute approximate surface area is 99.9 Å². The molecule has 0 radical (unpaired) electrons. The molecule has 0 bridgehead atoms. The predicted octanol–water partition coefficient (Wildman–Crippen LogP) is 3.87. The minimum Gasteiger partial charge on any atom is -0.469 e. The topological polar surface area (TPSA) is 28.9 Å². The Morgan fingerprint density at radius 2 is 1.76 bits per heavy atom. The summed E-state index contributed by atoms with van der Waals surface area (Å²) < 4.78 is 5.33. The van der Waals surface area contributed by atoms with Crippen molar-refractivity contribution in [3.63, 3.8) is 0 Å². The summed E-state index contributed by atoms with van der Waals surface area (Å²) in [6, 6.07) is 18.4. The summed E-state index contributed by atoms with van der Waals surface area (Å²) >= 11 is 0. The van der Waals surface area contributed by atoms with Crippen LogP contribution in [0.15, 0.2) is 65.3 Å². The van der Waals surface area contributed by atoms with Crippen LogP contribution in [0.2, 0.25) is 0 Å². The molecule has 2 heterocycles. The van der Waals surface area contributed by atoms with Gasteiger partial charge in [0.25, 0.3) is 0 Å². The van der Waals surface area contributed by atoms with E-state index in [1.54, 1.807) is 6.26 Å². The number of furan rings is 1. The van der Waals surface area contributed by atoms with Gasteiger partial charge >= 0.3 is 0 Å². The summed E-state index contributed by atoms with van der Waals surface area (Å²) in [7, 11) is 0. The van der Waals surface area contributed by atoms with E-state index < -0.39 is 0 Å². The van der Waals surface area contributed by atoms with E-state index in [4.69, 9.17) is 4.42 Å². The van der Waals surface area contributed by atoms with Crippen LogP contribution >= 0.6 is 0 Å². The molecule has 0 unspecified atom stereocenters. The Balaban J connectivity index is 1.84. The Hall–Kier alpha value is -2.22. The Morgan fingerprint density at radius 3 is 2.53 bits per heavy atom. The fourth-order valence-corrected chi connectivity index (χ4v) is 1.93. The van der Waals surface area contributed by atoms with Crippen LogP contribution < -0.4 is 0 Å². The highest BCUT2D eigenvalue weighted by Crippen LogP contribution is 2.19. The summed E-state index contributed by atoms with van der Waals surface area (Å²) in [4.78, 5) is 3.41. The molecule has 2 heteroatoms. The zero-order valence-electron chi connectivity index (χ0n) is 9.39. The van der Waals surface area contributed by atoms with Crippen molar-refractivity contribution in [3.8, 4) is 11.3 Å². The van der Waals surface area contributed by atoms with Crippen molar-refractivity contribution in [2.75, 3.05) is 0 Å². The molecule has 1 aromatic carbocycles. The third-order valence-corrected chi connectivity index (χ3v) is 2.78. The fourth-order valence-electron chi connectivity index (χ4n) is 1.93. The SMILES string of the molecule is c1ccc(-c2ccc(Cc3ccco3)[nH]2)cc1. The van der Waals surface area contributed by atoms with E-state index in [1.165, 1.54) is 11.3 Å². The molecular weight excluding hydrogens is 210 g/mol. The first kappa shape index (κ1) is 9.97. The molecule has 3 rings (SSSR count). The van der Waals surface area contributed by atoms with Crippen LogP contribution in [-0.4, -0.2) is 4.98 Å². The molecule has 0 aliphatic rings.